The highest BCUT2D eigenvalue weighted by Gasteiger charge is 2.30. The number of carbonyl (C=O) groups excluding carboxylic acids is 1. The van der Waals surface area contributed by atoms with Crippen molar-refractivity contribution in [2.24, 2.45) is 0 Å². The first-order valence-corrected chi connectivity index (χ1v) is 14.5. The molecule has 14 heteroatoms. The van der Waals surface area contributed by atoms with Crippen molar-refractivity contribution >= 4 is 27.3 Å². The van der Waals surface area contributed by atoms with E-state index < -0.39 is 22.2 Å². The van der Waals surface area contributed by atoms with Crippen LogP contribution in [0.2, 0.25) is 0 Å². The van der Waals surface area contributed by atoms with Gasteiger partial charge in [-0.3, -0.25) is 4.79 Å². The molecule has 0 fully saturated rings. The van der Waals surface area contributed by atoms with Gasteiger partial charge in [-0.15, -0.1) is 5.10 Å². The van der Waals surface area contributed by atoms with E-state index in [4.69, 9.17) is 19.3 Å². The quantitative estimate of drug-likeness (QED) is 0.222. The summed E-state index contributed by atoms with van der Waals surface area (Å²) in [6.07, 6.45) is 1.29. The average Bonchev–Trinajstić information content (AvgIpc) is 3.35. The Kier molecular flexibility index (Phi) is 9.81. The summed E-state index contributed by atoms with van der Waals surface area (Å²) in [7, 11) is -2.72. The van der Waals surface area contributed by atoms with Crippen LogP contribution in [0.3, 0.4) is 0 Å². The Bertz CT molecular complexity index is 1520. The topological polar surface area (TPSA) is 163 Å². The lowest BCUT2D eigenvalue weighted by atomic mass is 9.84. The SMILES string of the molecule is CCOC(=O)CC(c1ccc(OC)c(CN2CC=C(O)OS2(=O)=O)c1)c1ccc2c(nnn2CCOCCO)c1C. The Morgan fingerprint density at radius 2 is 2.02 bits per heavy atom. The summed E-state index contributed by atoms with van der Waals surface area (Å²) in [5.41, 5.74) is 4.45. The van der Waals surface area contributed by atoms with Crippen LogP contribution in [0.25, 0.3) is 11.0 Å². The number of aryl methyl sites for hydroxylation is 1. The van der Waals surface area contributed by atoms with Gasteiger partial charge in [-0.2, -0.15) is 12.7 Å². The van der Waals surface area contributed by atoms with Gasteiger partial charge < -0.3 is 28.6 Å². The van der Waals surface area contributed by atoms with Crippen molar-refractivity contribution in [1.29, 1.82) is 0 Å². The van der Waals surface area contributed by atoms with E-state index in [2.05, 4.69) is 14.5 Å². The fraction of sp³-hybridized carbons (Fsp3) is 0.444. The van der Waals surface area contributed by atoms with E-state index in [-0.39, 0.29) is 45.3 Å². The molecule has 3 aromatic rings. The summed E-state index contributed by atoms with van der Waals surface area (Å²) in [5, 5.41) is 27.1. The van der Waals surface area contributed by atoms with Crippen molar-refractivity contribution < 1.29 is 41.8 Å². The van der Waals surface area contributed by atoms with Crippen LogP contribution in [0.1, 0.15) is 41.5 Å². The Morgan fingerprint density at radius 3 is 2.73 bits per heavy atom. The minimum Gasteiger partial charge on any atom is -0.496 e. The monoisotopic (exact) mass is 590 g/mol. The van der Waals surface area contributed by atoms with Crippen molar-refractivity contribution in [1.82, 2.24) is 19.3 Å². The molecule has 222 valence electrons. The zero-order valence-electron chi connectivity index (χ0n) is 23.1. The lowest BCUT2D eigenvalue weighted by Crippen LogP contribution is -2.35. The molecule has 1 atom stereocenters. The number of aliphatic hydroxyl groups excluding tert-OH is 2. The van der Waals surface area contributed by atoms with Gasteiger partial charge in [0.1, 0.15) is 11.3 Å². The molecule has 0 aliphatic carbocycles. The summed E-state index contributed by atoms with van der Waals surface area (Å²) in [5.74, 6) is -1.04. The minimum atomic E-state index is -4.20. The molecule has 0 spiro atoms. The molecule has 1 unspecified atom stereocenters. The highest BCUT2D eigenvalue weighted by Crippen LogP contribution is 2.36. The van der Waals surface area contributed by atoms with Gasteiger partial charge in [-0.05, 0) is 42.7 Å². The number of fused-ring (bicyclic) bond motifs is 1. The Labute approximate surface area is 238 Å². The summed E-state index contributed by atoms with van der Waals surface area (Å²) < 4.78 is 48.5. The lowest BCUT2D eigenvalue weighted by Gasteiger charge is -2.25. The predicted octanol–water partition coefficient (Wildman–Crippen LogP) is 2.32. The molecule has 0 saturated carbocycles. The van der Waals surface area contributed by atoms with E-state index >= 15 is 0 Å². The molecular weight excluding hydrogens is 556 g/mol. The predicted molar refractivity (Wildman–Crippen MR) is 147 cm³/mol. The van der Waals surface area contributed by atoms with Crippen LogP contribution >= 0.6 is 0 Å². The second kappa shape index (κ2) is 13.3. The van der Waals surface area contributed by atoms with E-state index in [0.717, 1.165) is 26.5 Å². The Balaban J connectivity index is 1.72. The van der Waals surface area contributed by atoms with Gasteiger partial charge in [0.2, 0.25) is 0 Å². The molecule has 41 heavy (non-hydrogen) atoms. The van der Waals surface area contributed by atoms with Gasteiger partial charge in [0.25, 0.3) is 5.95 Å². The lowest BCUT2D eigenvalue weighted by molar-refractivity contribution is -0.143. The summed E-state index contributed by atoms with van der Waals surface area (Å²) >= 11 is 0. The molecule has 1 aliphatic heterocycles. The number of carbonyl (C=O) groups is 1. The van der Waals surface area contributed by atoms with E-state index in [1.807, 2.05) is 25.1 Å². The first kappa shape index (κ1) is 30.2. The van der Waals surface area contributed by atoms with E-state index in [0.29, 0.717) is 30.0 Å². The van der Waals surface area contributed by atoms with Crippen LogP contribution in [0, 0.1) is 6.92 Å². The van der Waals surface area contributed by atoms with Crippen LogP contribution < -0.4 is 4.74 Å². The average molecular weight is 591 g/mol. The van der Waals surface area contributed by atoms with Crippen molar-refractivity contribution in [2.45, 2.75) is 39.3 Å². The summed E-state index contributed by atoms with van der Waals surface area (Å²) in [6, 6.07) is 9.18. The van der Waals surface area contributed by atoms with Crippen LogP contribution in [0.5, 0.6) is 5.75 Å². The fourth-order valence-electron chi connectivity index (χ4n) is 4.78. The number of esters is 1. The van der Waals surface area contributed by atoms with E-state index in [9.17, 15) is 18.3 Å². The highest BCUT2D eigenvalue weighted by atomic mass is 32.2. The zero-order valence-corrected chi connectivity index (χ0v) is 24.0. The molecule has 13 nitrogen and oxygen atoms in total. The van der Waals surface area contributed by atoms with Gasteiger partial charge in [-0.1, -0.05) is 23.4 Å². The van der Waals surface area contributed by atoms with Gasteiger partial charge in [0.15, 0.2) is 0 Å². The zero-order chi connectivity index (χ0) is 29.6. The van der Waals surface area contributed by atoms with E-state index in [1.165, 1.54) is 13.2 Å². The van der Waals surface area contributed by atoms with Crippen molar-refractivity contribution in [2.75, 3.05) is 40.1 Å². The normalized spacial score (nSPS) is 15.8. The number of hydrogen-bond donors (Lipinski definition) is 2. The number of methoxy groups -OCH3 is 1. The Morgan fingerprint density at radius 1 is 1.22 bits per heavy atom. The standard InChI is InChI=1S/C27H34N4O9S/c1-4-39-26(34)16-22(21-6-7-23-27(18(21)2)28-29-31(23)11-13-38-14-12-32)19-5-8-24(37-3)20(15-19)17-30-10-9-25(33)40-41(30,35)36/h5-9,15,22,32-33H,4,10-14,16-17H2,1-3H3. The highest BCUT2D eigenvalue weighted by molar-refractivity contribution is 7.84. The molecule has 0 bridgehead atoms. The maximum atomic E-state index is 12.7. The van der Waals surface area contributed by atoms with Crippen molar-refractivity contribution in [3.8, 4) is 5.75 Å². The maximum absolute atomic E-state index is 12.7. The molecule has 2 N–H and O–H groups in total. The third kappa shape index (κ3) is 6.96. The van der Waals surface area contributed by atoms with Gasteiger partial charge in [0, 0.05) is 30.6 Å². The molecule has 0 radical (unpaired) electrons. The number of rotatable bonds is 13. The maximum Gasteiger partial charge on any atom is 0.388 e. The second-order valence-electron chi connectivity index (χ2n) is 9.31. The van der Waals surface area contributed by atoms with Gasteiger partial charge >= 0.3 is 16.3 Å². The molecule has 2 aromatic carbocycles. The summed E-state index contributed by atoms with van der Waals surface area (Å²) in [4.78, 5) is 12.7. The third-order valence-electron chi connectivity index (χ3n) is 6.75. The van der Waals surface area contributed by atoms with Crippen molar-refractivity contribution in [3.63, 3.8) is 0 Å². The summed E-state index contributed by atoms with van der Waals surface area (Å²) in [6.45, 7) is 4.74. The van der Waals surface area contributed by atoms with Gasteiger partial charge in [-0.25, -0.2) is 4.68 Å². The fourth-order valence-corrected chi connectivity index (χ4v) is 5.72. The minimum absolute atomic E-state index is 0.0385. The smallest absolute Gasteiger partial charge is 0.388 e. The van der Waals surface area contributed by atoms with Gasteiger partial charge in [0.05, 0.1) is 52.0 Å². The molecule has 1 aromatic heterocycles. The van der Waals surface area contributed by atoms with E-state index in [1.54, 1.807) is 23.7 Å². The van der Waals surface area contributed by atoms with Crippen LogP contribution in [0.15, 0.2) is 42.4 Å². The van der Waals surface area contributed by atoms with Crippen molar-refractivity contribution in [3.05, 3.63) is 64.6 Å². The second-order valence-corrected chi connectivity index (χ2v) is 10.8. The molecular formula is C27H34N4O9S. The number of nitrogens with zero attached hydrogens (tertiary/aromatic N) is 4. The molecule has 1 aliphatic rings. The molecule has 0 saturated heterocycles. The van der Waals surface area contributed by atoms with Crippen LogP contribution in [-0.2, 0) is 41.8 Å². The third-order valence-corrected chi connectivity index (χ3v) is 8.04. The molecule has 2 heterocycles. The first-order valence-electron chi connectivity index (χ1n) is 13.1. The number of hydrogen-bond acceptors (Lipinski definition) is 11. The Hall–Kier alpha value is -3.72. The van der Waals surface area contributed by atoms with Crippen LogP contribution in [0.4, 0.5) is 0 Å². The largest absolute Gasteiger partial charge is 0.496 e. The first-order chi connectivity index (χ1) is 19.7. The number of ether oxygens (including phenoxy) is 3. The number of aliphatic hydroxyl groups is 2. The molecule has 4 rings (SSSR count). The number of benzene rings is 2. The van der Waals surface area contributed by atoms with Crippen LogP contribution in [-0.4, -0.2) is 84.0 Å². The molecule has 0 amide bonds. The number of aromatic nitrogens is 3.